The number of hydrogen-bond acceptors (Lipinski definition) is 5. The summed E-state index contributed by atoms with van der Waals surface area (Å²) in [5.41, 5.74) is 7.37. The summed E-state index contributed by atoms with van der Waals surface area (Å²) < 4.78 is 0. The van der Waals surface area contributed by atoms with Crippen molar-refractivity contribution in [1.82, 2.24) is 30.1 Å². The van der Waals surface area contributed by atoms with Crippen LogP contribution in [0.25, 0.3) is 33.8 Å². The monoisotopic (exact) mass is 421 g/mol. The lowest BCUT2D eigenvalue weighted by atomic mass is 10.0. The van der Waals surface area contributed by atoms with Crippen LogP contribution in [0.3, 0.4) is 0 Å². The van der Waals surface area contributed by atoms with Gasteiger partial charge in [0.05, 0.1) is 22.6 Å². The van der Waals surface area contributed by atoms with Crippen molar-refractivity contribution >= 4 is 28.5 Å². The molecule has 0 saturated heterocycles. The summed E-state index contributed by atoms with van der Waals surface area (Å²) in [6.07, 6.45) is 12.4. The third-order valence-corrected chi connectivity index (χ3v) is 4.90. The summed E-state index contributed by atoms with van der Waals surface area (Å²) in [5.74, 6) is 0.633. The molecule has 0 saturated carbocycles. The molecule has 0 aromatic carbocycles. The summed E-state index contributed by atoms with van der Waals surface area (Å²) in [5, 5.41) is 7.52. The molecule has 2 N–H and O–H groups in total. The standard InChI is InChI=1S/C25H23N7/c1-5-8-18(17-11-14-26-15-12-17)22-16(4)28-25(30-22)24-23-21(31-32-24)10-9-20(29-23)19(7-3)27-13-6-2/h5-15H,1-2H2,3-4H3,(H,28,30)(H,31,32)/b18-8-,19-7-,27-13-. The molecule has 0 aliphatic carbocycles. The predicted octanol–water partition coefficient (Wildman–Crippen LogP) is 5.29. The summed E-state index contributed by atoms with van der Waals surface area (Å²) in [6.45, 7) is 11.4. The van der Waals surface area contributed by atoms with Crippen molar-refractivity contribution in [2.24, 2.45) is 4.99 Å². The minimum absolute atomic E-state index is 0.633. The van der Waals surface area contributed by atoms with Crippen LogP contribution in [0.5, 0.6) is 0 Å². The van der Waals surface area contributed by atoms with E-state index in [0.29, 0.717) is 17.0 Å². The highest BCUT2D eigenvalue weighted by molar-refractivity contribution is 5.90. The van der Waals surface area contributed by atoms with Crippen LogP contribution in [0.4, 0.5) is 0 Å². The fourth-order valence-electron chi connectivity index (χ4n) is 3.42. The number of fused-ring (bicyclic) bond motifs is 1. The van der Waals surface area contributed by atoms with Crippen molar-refractivity contribution in [3.63, 3.8) is 0 Å². The third-order valence-electron chi connectivity index (χ3n) is 4.90. The molecule has 4 aromatic rings. The fourth-order valence-corrected chi connectivity index (χ4v) is 3.42. The van der Waals surface area contributed by atoms with Gasteiger partial charge in [-0.2, -0.15) is 5.10 Å². The van der Waals surface area contributed by atoms with Gasteiger partial charge in [0, 0.05) is 29.9 Å². The number of hydrogen-bond donors (Lipinski definition) is 2. The van der Waals surface area contributed by atoms with E-state index in [1.807, 2.05) is 50.3 Å². The summed E-state index contributed by atoms with van der Waals surface area (Å²) in [6, 6.07) is 7.75. The van der Waals surface area contributed by atoms with Crippen molar-refractivity contribution in [2.75, 3.05) is 0 Å². The second-order valence-corrected chi connectivity index (χ2v) is 6.96. The largest absolute Gasteiger partial charge is 0.340 e. The molecule has 7 heteroatoms. The van der Waals surface area contributed by atoms with Crippen molar-refractivity contribution in [3.8, 4) is 11.5 Å². The molecule has 4 heterocycles. The van der Waals surface area contributed by atoms with Gasteiger partial charge >= 0.3 is 0 Å². The van der Waals surface area contributed by atoms with Crippen LogP contribution >= 0.6 is 0 Å². The van der Waals surface area contributed by atoms with Crippen molar-refractivity contribution in [1.29, 1.82) is 0 Å². The normalized spacial score (nSPS) is 12.6. The molecule has 0 radical (unpaired) electrons. The molecule has 0 unspecified atom stereocenters. The van der Waals surface area contributed by atoms with Crippen LogP contribution in [0.1, 0.15) is 29.6 Å². The number of imidazole rings is 1. The molecule has 0 spiro atoms. The number of aryl methyl sites for hydroxylation is 1. The minimum atomic E-state index is 0.633. The smallest absolute Gasteiger partial charge is 0.161 e. The number of aliphatic imine (C=N–C) groups is 1. The highest BCUT2D eigenvalue weighted by Gasteiger charge is 2.18. The third kappa shape index (κ3) is 3.96. The maximum atomic E-state index is 4.87. The number of nitrogens with zero attached hydrogens (tertiary/aromatic N) is 5. The molecule has 4 rings (SSSR count). The van der Waals surface area contributed by atoms with Gasteiger partial charge in [-0.1, -0.05) is 37.5 Å². The summed E-state index contributed by atoms with van der Waals surface area (Å²) >= 11 is 0. The first-order valence-corrected chi connectivity index (χ1v) is 10.1. The second kappa shape index (κ2) is 9.18. The van der Waals surface area contributed by atoms with Gasteiger partial charge in [-0.15, -0.1) is 0 Å². The van der Waals surface area contributed by atoms with Crippen LogP contribution < -0.4 is 0 Å². The van der Waals surface area contributed by atoms with Gasteiger partial charge in [0.15, 0.2) is 11.5 Å². The van der Waals surface area contributed by atoms with E-state index in [1.54, 1.807) is 30.8 Å². The van der Waals surface area contributed by atoms with Crippen LogP contribution in [-0.2, 0) is 0 Å². The van der Waals surface area contributed by atoms with E-state index in [0.717, 1.165) is 39.4 Å². The maximum absolute atomic E-state index is 4.87. The van der Waals surface area contributed by atoms with Crippen LogP contribution in [-0.4, -0.2) is 36.3 Å². The highest BCUT2D eigenvalue weighted by Crippen LogP contribution is 2.30. The average Bonchev–Trinajstić information content (AvgIpc) is 3.41. The number of pyridine rings is 2. The summed E-state index contributed by atoms with van der Waals surface area (Å²) in [4.78, 5) is 21.5. The van der Waals surface area contributed by atoms with Crippen molar-refractivity contribution in [2.45, 2.75) is 13.8 Å². The SMILES string of the molecule is C=C/C=N\C(=C/C)c1ccc2[nH]nc(-c3nc(/C(=C\C=C)c4ccncc4)c(C)[nH]3)c2n1. The Kier molecular flexibility index (Phi) is 5.98. The predicted molar refractivity (Wildman–Crippen MR) is 130 cm³/mol. The Morgan fingerprint density at radius 1 is 1.06 bits per heavy atom. The lowest BCUT2D eigenvalue weighted by molar-refractivity contribution is 1.10. The van der Waals surface area contributed by atoms with E-state index in [9.17, 15) is 0 Å². The van der Waals surface area contributed by atoms with Gasteiger partial charge in [0.2, 0.25) is 0 Å². The molecule has 32 heavy (non-hydrogen) atoms. The number of aromatic nitrogens is 6. The van der Waals surface area contributed by atoms with Crippen molar-refractivity contribution < 1.29 is 0 Å². The zero-order valence-electron chi connectivity index (χ0n) is 18.0. The van der Waals surface area contributed by atoms with Crippen LogP contribution in [0, 0.1) is 6.92 Å². The number of nitrogens with one attached hydrogen (secondary N) is 2. The minimum Gasteiger partial charge on any atom is -0.340 e. The lowest BCUT2D eigenvalue weighted by Gasteiger charge is -2.05. The van der Waals surface area contributed by atoms with Gasteiger partial charge in [-0.25, -0.2) is 9.97 Å². The van der Waals surface area contributed by atoms with E-state index in [4.69, 9.17) is 9.97 Å². The molecule has 0 atom stereocenters. The molecule has 0 aliphatic heterocycles. The molecule has 0 aliphatic rings. The van der Waals surface area contributed by atoms with E-state index in [2.05, 4.69) is 38.3 Å². The average molecular weight is 422 g/mol. The van der Waals surface area contributed by atoms with E-state index in [1.165, 1.54) is 0 Å². The molecular weight excluding hydrogens is 398 g/mol. The number of rotatable bonds is 7. The quantitative estimate of drug-likeness (QED) is 0.313. The fraction of sp³-hybridized carbons (Fsp3) is 0.0800. The number of allylic oxidation sites excluding steroid dienone is 4. The molecule has 7 nitrogen and oxygen atoms in total. The molecular formula is C25H23N7. The van der Waals surface area contributed by atoms with E-state index in [-0.39, 0.29) is 0 Å². The Bertz CT molecular complexity index is 1370. The first kappa shape index (κ1) is 20.9. The number of aromatic amines is 2. The highest BCUT2D eigenvalue weighted by atomic mass is 15.2. The van der Waals surface area contributed by atoms with Gasteiger partial charge in [0.1, 0.15) is 5.52 Å². The van der Waals surface area contributed by atoms with Gasteiger partial charge in [-0.3, -0.25) is 15.1 Å². The first-order chi connectivity index (χ1) is 15.7. The van der Waals surface area contributed by atoms with Crippen LogP contribution in [0.15, 0.2) is 79.1 Å². The lowest BCUT2D eigenvalue weighted by Crippen LogP contribution is -1.92. The van der Waals surface area contributed by atoms with Crippen molar-refractivity contribution in [3.05, 3.63) is 96.8 Å². The Labute approximate surface area is 186 Å². The molecule has 158 valence electrons. The molecule has 0 amide bonds. The molecule has 0 fully saturated rings. The van der Waals surface area contributed by atoms with Gasteiger partial charge < -0.3 is 4.98 Å². The van der Waals surface area contributed by atoms with E-state index >= 15 is 0 Å². The zero-order chi connectivity index (χ0) is 22.5. The zero-order valence-corrected chi connectivity index (χ0v) is 18.0. The summed E-state index contributed by atoms with van der Waals surface area (Å²) in [7, 11) is 0. The Hall–Kier alpha value is -4.39. The number of H-pyrrole nitrogens is 2. The Morgan fingerprint density at radius 2 is 1.88 bits per heavy atom. The maximum Gasteiger partial charge on any atom is 0.161 e. The Balaban J connectivity index is 1.81. The Morgan fingerprint density at radius 3 is 2.59 bits per heavy atom. The van der Waals surface area contributed by atoms with E-state index < -0.39 is 0 Å². The first-order valence-electron chi connectivity index (χ1n) is 10.1. The van der Waals surface area contributed by atoms with Gasteiger partial charge in [0.25, 0.3) is 0 Å². The second-order valence-electron chi connectivity index (χ2n) is 6.96. The topological polar surface area (TPSA) is 95.5 Å². The van der Waals surface area contributed by atoms with Gasteiger partial charge in [-0.05, 0) is 43.7 Å². The van der Waals surface area contributed by atoms with Crippen LogP contribution in [0.2, 0.25) is 0 Å². The molecule has 4 aromatic heterocycles. The molecule has 0 bridgehead atoms.